The zero-order chi connectivity index (χ0) is 29.0. The van der Waals surface area contributed by atoms with Gasteiger partial charge in [-0.2, -0.15) is 0 Å². The first-order valence-corrected chi connectivity index (χ1v) is 14.5. The highest BCUT2D eigenvalue weighted by Gasteiger charge is 2.41. The van der Waals surface area contributed by atoms with E-state index in [1.54, 1.807) is 24.1 Å². The molecule has 1 aromatic rings. The molecule has 3 N–H and O–H groups in total. The fourth-order valence-corrected chi connectivity index (χ4v) is 6.26. The molecule has 4 atom stereocenters. The topological polar surface area (TPSA) is 122 Å². The van der Waals surface area contributed by atoms with Crippen molar-refractivity contribution in [3.8, 4) is 5.75 Å². The number of phenols is 1. The molecule has 2 bridgehead atoms. The monoisotopic (exact) mass is 555 g/mol. The molecule has 3 aliphatic heterocycles. The van der Waals surface area contributed by atoms with Crippen molar-refractivity contribution < 1.29 is 24.3 Å². The highest BCUT2D eigenvalue weighted by molar-refractivity contribution is 5.89. The lowest BCUT2D eigenvalue weighted by atomic mass is 9.80. The minimum absolute atomic E-state index is 0.0566. The molecule has 0 spiro atoms. The summed E-state index contributed by atoms with van der Waals surface area (Å²) in [6, 6.07) is 6.35. The molecule has 3 heterocycles. The highest BCUT2D eigenvalue weighted by Crippen LogP contribution is 2.32. The summed E-state index contributed by atoms with van der Waals surface area (Å²) in [6.07, 6.45) is 2.54. The van der Waals surface area contributed by atoms with Gasteiger partial charge in [0.25, 0.3) is 0 Å². The molecule has 10 nitrogen and oxygen atoms in total. The Hall–Kier alpha value is -3.14. The summed E-state index contributed by atoms with van der Waals surface area (Å²) in [7, 11) is 1.66. The maximum absolute atomic E-state index is 13.4. The third-order valence-corrected chi connectivity index (χ3v) is 8.39. The number of rotatable bonds is 3. The van der Waals surface area contributed by atoms with Gasteiger partial charge in [-0.05, 0) is 49.1 Å². The molecule has 3 saturated heterocycles. The van der Waals surface area contributed by atoms with Crippen LogP contribution >= 0.6 is 0 Å². The van der Waals surface area contributed by atoms with Crippen LogP contribution in [0.15, 0.2) is 24.3 Å². The van der Waals surface area contributed by atoms with E-state index >= 15 is 0 Å². The SMILES string of the molecule is CN1CC(=O)N[C@@H]2C[C@@H](C(=O)NCC[C@H]3CN(Cc4ccccc4O)CC[C@H]3CC1=O)N(C(=O)CC(C)(C)C)C2. The summed E-state index contributed by atoms with van der Waals surface area (Å²) in [5, 5.41) is 16.3. The summed E-state index contributed by atoms with van der Waals surface area (Å²) in [5.41, 5.74) is 0.641. The quantitative estimate of drug-likeness (QED) is 0.522. The Labute approximate surface area is 237 Å². The Kier molecular flexibility index (Phi) is 9.38. The zero-order valence-electron chi connectivity index (χ0n) is 24.3. The number of carbonyl (C=O) groups excluding carboxylic acids is 4. The Morgan fingerprint density at radius 1 is 1.07 bits per heavy atom. The van der Waals surface area contributed by atoms with Crippen molar-refractivity contribution in [2.45, 2.75) is 71.5 Å². The van der Waals surface area contributed by atoms with Crippen LogP contribution in [0.4, 0.5) is 0 Å². The predicted molar refractivity (Wildman–Crippen MR) is 151 cm³/mol. The van der Waals surface area contributed by atoms with E-state index in [0.29, 0.717) is 38.8 Å². The number of para-hydroxylation sites is 1. The first kappa shape index (κ1) is 29.8. The molecule has 1 aromatic carbocycles. The van der Waals surface area contributed by atoms with Gasteiger partial charge in [-0.3, -0.25) is 24.1 Å². The Balaban J connectivity index is 1.50. The van der Waals surface area contributed by atoms with Gasteiger partial charge < -0.3 is 25.5 Å². The fourth-order valence-electron chi connectivity index (χ4n) is 6.26. The minimum Gasteiger partial charge on any atom is -0.508 e. The van der Waals surface area contributed by atoms with E-state index in [4.69, 9.17) is 0 Å². The molecule has 0 unspecified atom stereocenters. The molecule has 4 rings (SSSR count). The van der Waals surface area contributed by atoms with Gasteiger partial charge in [0.05, 0.1) is 6.54 Å². The van der Waals surface area contributed by atoms with Crippen molar-refractivity contribution in [1.29, 1.82) is 0 Å². The molecule has 0 radical (unpaired) electrons. The number of hydrogen-bond acceptors (Lipinski definition) is 6. The van der Waals surface area contributed by atoms with Gasteiger partial charge in [0.1, 0.15) is 11.8 Å². The number of nitrogens with one attached hydrogen (secondary N) is 2. The fraction of sp³-hybridized carbons (Fsp3) is 0.667. The number of likely N-dealkylation sites (tertiary alicyclic amines) is 2. The smallest absolute Gasteiger partial charge is 0.242 e. The molecular formula is C30H45N5O5. The van der Waals surface area contributed by atoms with Gasteiger partial charge in [-0.25, -0.2) is 0 Å². The lowest BCUT2D eigenvalue weighted by Crippen LogP contribution is -2.48. The van der Waals surface area contributed by atoms with Crippen molar-refractivity contribution >= 4 is 23.6 Å². The zero-order valence-corrected chi connectivity index (χ0v) is 24.3. The Morgan fingerprint density at radius 2 is 1.82 bits per heavy atom. The molecule has 10 heteroatoms. The summed E-state index contributed by atoms with van der Waals surface area (Å²) in [6.45, 7) is 8.80. The standard InChI is InChI=1S/C30H45N5O5/c1-30(2,3)15-28(39)35-18-23-14-24(35)29(40)31-11-9-21-16-34(17-22-7-5-6-8-25(22)36)12-10-20(21)13-27(38)33(4)19-26(37)32-23/h5-8,20-21,23-24,36H,9-19H2,1-4H3,(H,31,40)(H,32,37)/t20-,21-,23+,24-/m0/s1. The summed E-state index contributed by atoms with van der Waals surface area (Å²) < 4.78 is 0. The summed E-state index contributed by atoms with van der Waals surface area (Å²) >= 11 is 0. The third kappa shape index (κ3) is 7.74. The van der Waals surface area contributed by atoms with Gasteiger partial charge in [-0.15, -0.1) is 0 Å². The van der Waals surface area contributed by atoms with Crippen LogP contribution < -0.4 is 10.6 Å². The van der Waals surface area contributed by atoms with E-state index in [0.717, 1.165) is 25.1 Å². The molecule has 3 aliphatic rings. The normalized spacial score (nSPS) is 27.4. The van der Waals surface area contributed by atoms with Crippen molar-refractivity contribution in [2.75, 3.05) is 39.8 Å². The first-order chi connectivity index (χ1) is 18.9. The molecule has 0 saturated carbocycles. The second kappa shape index (κ2) is 12.6. The van der Waals surface area contributed by atoms with Crippen LogP contribution in [0.25, 0.3) is 0 Å². The highest BCUT2D eigenvalue weighted by atomic mass is 16.3. The molecule has 0 aromatic heterocycles. The molecule has 40 heavy (non-hydrogen) atoms. The van der Waals surface area contributed by atoms with Crippen LogP contribution in [0.1, 0.15) is 58.4 Å². The molecule has 220 valence electrons. The lowest BCUT2D eigenvalue weighted by molar-refractivity contribution is -0.140. The van der Waals surface area contributed by atoms with E-state index in [1.807, 2.05) is 32.9 Å². The molecular weight excluding hydrogens is 510 g/mol. The number of phenolic OH excluding ortho intramolecular Hbond substituents is 1. The number of fused-ring (bicyclic) bond motifs is 3. The minimum atomic E-state index is -0.635. The number of likely N-dealkylation sites (N-methyl/N-ethyl adjacent to an activating group) is 1. The second-order valence-electron chi connectivity index (χ2n) is 13.0. The van der Waals surface area contributed by atoms with Gasteiger partial charge in [0.15, 0.2) is 0 Å². The maximum atomic E-state index is 13.4. The van der Waals surface area contributed by atoms with E-state index in [2.05, 4.69) is 15.5 Å². The third-order valence-electron chi connectivity index (χ3n) is 8.39. The number of benzene rings is 1. The average molecular weight is 556 g/mol. The Bertz CT molecular complexity index is 1100. The van der Waals surface area contributed by atoms with E-state index in [1.165, 1.54) is 4.90 Å². The van der Waals surface area contributed by atoms with Crippen LogP contribution in [-0.4, -0.2) is 95.3 Å². The Morgan fingerprint density at radius 3 is 2.55 bits per heavy atom. The summed E-state index contributed by atoms with van der Waals surface area (Å²) in [5.74, 6) is -0.0772. The molecule has 4 amide bonds. The first-order valence-electron chi connectivity index (χ1n) is 14.5. The lowest BCUT2D eigenvalue weighted by Gasteiger charge is -2.39. The van der Waals surface area contributed by atoms with Crippen molar-refractivity contribution in [1.82, 2.24) is 25.3 Å². The van der Waals surface area contributed by atoms with Crippen molar-refractivity contribution in [2.24, 2.45) is 17.3 Å². The molecule has 0 aliphatic carbocycles. The van der Waals surface area contributed by atoms with Gasteiger partial charge >= 0.3 is 0 Å². The van der Waals surface area contributed by atoms with Crippen LogP contribution in [0, 0.1) is 17.3 Å². The van der Waals surface area contributed by atoms with Crippen LogP contribution in [0.2, 0.25) is 0 Å². The van der Waals surface area contributed by atoms with Crippen LogP contribution in [-0.2, 0) is 25.7 Å². The van der Waals surface area contributed by atoms with Crippen molar-refractivity contribution in [3.05, 3.63) is 29.8 Å². The largest absolute Gasteiger partial charge is 0.508 e. The van der Waals surface area contributed by atoms with Crippen LogP contribution in [0.3, 0.4) is 0 Å². The van der Waals surface area contributed by atoms with E-state index in [-0.39, 0.29) is 65.8 Å². The maximum Gasteiger partial charge on any atom is 0.242 e. The number of aromatic hydroxyl groups is 1. The van der Waals surface area contributed by atoms with E-state index in [9.17, 15) is 24.3 Å². The number of amides is 4. The number of hydrogen-bond donors (Lipinski definition) is 3. The van der Waals surface area contributed by atoms with Crippen LogP contribution in [0.5, 0.6) is 5.75 Å². The number of piperidine rings is 1. The van der Waals surface area contributed by atoms with E-state index < -0.39 is 6.04 Å². The molecule has 3 fully saturated rings. The van der Waals surface area contributed by atoms with Crippen molar-refractivity contribution in [3.63, 3.8) is 0 Å². The number of nitrogens with zero attached hydrogens (tertiary/aromatic N) is 3. The average Bonchev–Trinajstić information content (AvgIpc) is 3.29. The second-order valence-corrected chi connectivity index (χ2v) is 13.0. The predicted octanol–water partition coefficient (Wildman–Crippen LogP) is 1.72. The van der Waals surface area contributed by atoms with Gasteiger partial charge in [0, 0.05) is 57.7 Å². The summed E-state index contributed by atoms with van der Waals surface area (Å²) in [4.78, 5) is 57.9. The van der Waals surface area contributed by atoms with Gasteiger partial charge in [-0.1, -0.05) is 39.0 Å². The van der Waals surface area contributed by atoms with Gasteiger partial charge in [0.2, 0.25) is 23.6 Å². The number of carbonyl (C=O) groups is 4.